The van der Waals surface area contributed by atoms with Crippen LogP contribution in [0.2, 0.25) is 5.02 Å². The highest BCUT2D eigenvalue weighted by Gasteiger charge is 2.25. The molecule has 1 saturated heterocycles. The largest absolute Gasteiger partial charge is 0.350 e. The van der Waals surface area contributed by atoms with Gasteiger partial charge in [0.25, 0.3) is 5.91 Å². The summed E-state index contributed by atoms with van der Waals surface area (Å²) in [6.07, 6.45) is 0. The van der Waals surface area contributed by atoms with Crippen LogP contribution in [0, 0.1) is 5.92 Å². The predicted octanol–water partition coefficient (Wildman–Crippen LogP) is 3.55. The third-order valence-electron chi connectivity index (χ3n) is 6.16. The van der Waals surface area contributed by atoms with E-state index in [1.165, 1.54) is 5.56 Å². The molecule has 0 aromatic heterocycles. The number of likely N-dealkylation sites (N-methyl/N-ethyl adjacent to an activating group) is 1. The Hall–Kier alpha value is -2.41. The van der Waals surface area contributed by atoms with Crippen molar-refractivity contribution in [1.82, 2.24) is 20.4 Å². The Morgan fingerprint density at radius 2 is 1.55 bits per heavy atom. The number of hydrogen-bond acceptors (Lipinski definition) is 4. The number of nitrogens with zero attached hydrogens (tertiary/aromatic N) is 2. The molecule has 1 heterocycles. The minimum absolute atomic E-state index is 0.0630. The van der Waals surface area contributed by atoms with E-state index in [2.05, 4.69) is 51.6 Å². The number of carbonyl (C=O) groups excluding carboxylic acids is 2. The van der Waals surface area contributed by atoms with Crippen molar-refractivity contribution in [3.05, 3.63) is 70.2 Å². The van der Waals surface area contributed by atoms with Crippen LogP contribution >= 0.6 is 11.6 Å². The molecule has 7 heteroatoms. The second-order valence-corrected chi connectivity index (χ2v) is 9.33. The Labute approximate surface area is 202 Å². The lowest BCUT2D eigenvalue weighted by molar-refractivity contribution is -0.124. The van der Waals surface area contributed by atoms with E-state index in [0.29, 0.717) is 17.1 Å². The molecule has 178 valence electrons. The van der Waals surface area contributed by atoms with Crippen molar-refractivity contribution in [2.75, 3.05) is 32.7 Å². The molecular formula is C26H35ClN4O2. The van der Waals surface area contributed by atoms with Gasteiger partial charge in [-0.3, -0.25) is 14.5 Å². The number of nitrogens with one attached hydrogen (secondary N) is 2. The molecule has 2 aromatic rings. The van der Waals surface area contributed by atoms with Gasteiger partial charge in [0.15, 0.2) is 0 Å². The maximum atomic E-state index is 12.8. The van der Waals surface area contributed by atoms with E-state index in [1.807, 2.05) is 13.8 Å². The molecule has 0 bridgehead atoms. The third kappa shape index (κ3) is 7.29. The highest BCUT2D eigenvalue weighted by atomic mass is 35.5. The lowest BCUT2D eigenvalue weighted by Crippen LogP contribution is -2.49. The second kappa shape index (κ2) is 12.2. The molecule has 0 radical (unpaired) electrons. The summed E-state index contributed by atoms with van der Waals surface area (Å²) in [5, 5.41) is 6.15. The van der Waals surface area contributed by atoms with Gasteiger partial charge in [-0.05, 0) is 35.7 Å². The van der Waals surface area contributed by atoms with Crippen molar-refractivity contribution in [3.63, 3.8) is 0 Å². The zero-order valence-electron chi connectivity index (χ0n) is 19.8. The average Bonchev–Trinajstić information content (AvgIpc) is 2.82. The fraction of sp³-hybridized carbons (Fsp3) is 0.462. The molecule has 2 amide bonds. The van der Waals surface area contributed by atoms with Crippen LogP contribution in [0.15, 0.2) is 48.5 Å². The fourth-order valence-corrected chi connectivity index (χ4v) is 4.20. The van der Waals surface area contributed by atoms with E-state index in [4.69, 9.17) is 11.6 Å². The summed E-state index contributed by atoms with van der Waals surface area (Å²) in [7, 11) is 0. The topological polar surface area (TPSA) is 64.7 Å². The molecule has 33 heavy (non-hydrogen) atoms. The van der Waals surface area contributed by atoms with Gasteiger partial charge in [-0.15, -0.1) is 0 Å². The van der Waals surface area contributed by atoms with E-state index in [-0.39, 0.29) is 17.7 Å². The number of halogens is 1. The normalized spacial score (nSPS) is 15.9. The molecule has 1 fully saturated rings. The van der Waals surface area contributed by atoms with Crippen molar-refractivity contribution >= 4 is 23.4 Å². The van der Waals surface area contributed by atoms with Crippen molar-refractivity contribution in [2.24, 2.45) is 5.92 Å². The Kier molecular flexibility index (Phi) is 9.30. The van der Waals surface area contributed by atoms with E-state index in [9.17, 15) is 9.59 Å². The first-order valence-corrected chi connectivity index (χ1v) is 12.1. The van der Waals surface area contributed by atoms with Crippen LogP contribution < -0.4 is 10.6 Å². The van der Waals surface area contributed by atoms with Crippen LogP contribution in [0.4, 0.5) is 0 Å². The Balaban J connectivity index is 1.51. The van der Waals surface area contributed by atoms with E-state index < -0.39 is 6.04 Å². The van der Waals surface area contributed by atoms with Gasteiger partial charge in [-0.25, -0.2) is 0 Å². The SMILES string of the molecule is CCN1CCN(Cc2ccc(CNC(=O)C(NC(=O)c3ccccc3Cl)C(C)C)cc2)CC1. The van der Waals surface area contributed by atoms with Gasteiger partial charge in [0, 0.05) is 39.3 Å². The number of carbonyl (C=O) groups is 2. The summed E-state index contributed by atoms with van der Waals surface area (Å²) in [6, 6.07) is 14.6. The zero-order chi connectivity index (χ0) is 23.8. The Bertz CT molecular complexity index is 924. The van der Waals surface area contributed by atoms with Gasteiger partial charge in [0.1, 0.15) is 6.04 Å². The minimum Gasteiger partial charge on any atom is -0.350 e. The van der Waals surface area contributed by atoms with Crippen molar-refractivity contribution in [2.45, 2.75) is 39.9 Å². The zero-order valence-corrected chi connectivity index (χ0v) is 20.6. The van der Waals surface area contributed by atoms with Crippen LogP contribution in [0.3, 0.4) is 0 Å². The van der Waals surface area contributed by atoms with Crippen LogP contribution in [-0.2, 0) is 17.9 Å². The molecule has 0 aliphatic carbocycles. The van der Waals surface area contributed by atoms with Crippen LogP contribution in [0.5, 0.6) is 0 Å². The summed E-state index contributed by atoms with van der Waals surface area (Å²) in [6.45, 7) is 13.0. The van der Waals surface area contributed by atoms with E-state index in [0.717, 1.165) is 44.8 Å². The van der Waals surface area contributed by atoms with Crippen molar-refractivity contribution in [3.8, 4) is 0 Å². The predicted molar refractivity (Wildman–Crippen MR) is 133 cm³/mol. The lowest BCUT2D eigenvalue weighted by Gasteiger charge is -2.34. The number of benzene rings is 2. The van der Waals surface area contributed by atoms with Crippen LogP contribution in [0.25, 0.3) is 0 Å². The van der Waals surface area contributed by atoms with Crippen molar-refractivity contribution < 1.29 is 9.59 Å². The van der Waals surface area contributed by atoms with Gasteiger partial charge < -0.3 is 15.5 Å². The van der Waals surface area contributed by atoms with Gasteiger partial charge in [-0.2, -0.15) is 0 Å². The molecule has 1 aliphatic heterocycles. The standard InChI is InChI=1S/C26H35ClN4O2/c1-4-30-13-15-31(16-14-30)18-21-11-9-20(10-12-21)17-28-26(33)24(19(2)3)29-25(32)22-7-5-6-8-23(22)27/h5-12,19,24H,4,13-18H2,1-3H3,(H,28,33)(H,29,32). The van der Waals surface area contributed by atoms with E-state index in [1.54, 1.807) is 24.3 Å². The molecule has 2 aromatic carbocycles. The molecule has 1 unspecified atom stereocenters. The molecule has 3 rings (SSSR count). The Morgan fingerprint density at radius 3 is 2.15 bits per heavy atom. The monoisotopic (exact) mass is 470 g/mol. The van der Waals surface area contributed by atoms with Gasteiger partial charge >= 0.3 is 0 Å². The van der Waals surface area contributed by atoms with Crippen molar-refractivity contribution in [1.29, 1.82) is 0 Å². The summed E-state index contributed by atoms with van der Waals surface area (Å²) in [4.78, 5) is 30.4. The third-order valence-corrected chi connectivity index (χ3v) is 6.49. The summed E-state index contributed by atoms with van der Waals surface area (Å²) in [5.41, 5.74) is 2.68. The Morgan fingerprint density at radius 1 is 0.939 bits per heavy atom. The molecule has 0 saturated carbocycles. The fourth-order valence-electron chi connectivity index (χ4n) is 3.98. The van der Waals surface area contributed by atoms with Crippen LogP contribution in [-0.4, -0.2) is 60.4 Å². The number of amides is 2. The number of hydrogen-bond donors (Lipinski definition) is 2. The highest BCUT2D eigenvalue weighted by Crippen LogP contribution is 2.16. The molecule has 0 spiro atoms. The first-order valence-electron chi connectivity index (χ1n) is 11.7. The van der Waals surface area contributed by atoms with E-state index >= 15 is 0 Å². The number of piperazine rings is 1. The first kappa shape index (κ1) is 25.2. The second-order valence-electron chi connectivity index (χ2n) is 8.92. The molecular weight excluding hydrogens is 436 g/mol. The summed E-state index contributed by atoms with van der Waals surface area (Å²) in [5.74, 6) is -0.617. The summed E-state index contributed by atoms with van der Waals surface area (Å²) >= 11 is 6.12. The van der Waals surface area contributed by atoms with Gasteiger partial charge in [0.05, 0.1) is 10.6 Å². The van der Waals surface area contributed by atoms with Gasteiger partial charge in [-0.1, -0.05) is 68.8 Å². The molecule has 1 aliphatic rings. The maximum Gasteiger partial charge on any atom is 0.253 e. The smallest absolute Gasteiger partial charge is 0.253 e. The molecule has 2 N–H and O–H groups in total. The number of rotatable bonds is 9. The maximum absolute atomic E-state index is 12.8. The van der Waals surface area contributed by atoms with Gasteiger partial charge in [0.2, 0.25) is 5.91 Å². The highest BCUT2D eigenvalue weighted by molar-refractivity contribution is 6.33. The molecule has 1 atom stereocenters. The summed E-state index contributed by atoms with van der Waals surface area (Å²) < 4.78 is 0. The quantitative estimate of drug-likeness (QED) is 0.588. The van der Waals surface area contributed by atoms with Crippen LogP contribution in [0.1, 0.15) is 42.3 Å². The first-order chi connectivity index (χ1) is 15.9. The average molecular weight is 471 g/mol. The minimum atomic E-state index is -0.644. The lowest BCUT2D eigenvalue weighted by atomic mass is 10.0. The molecule has 6 nitrogen and oxygen atoms in total.